The summed E-state index contributed by atoms with van der Waals surface area (Å²) in [5, 5.41) is 15.1. The summed E-state index contributed by atoms with van der Waals surface area (Å²) >= 11 is 0. The van der Waals surface area contributed by atoms with Crippen molar-refractivity contribution in [3.63, 3.8) is 0 Å². The lowest BCUT2D eigenvalue weighted by atomic mass is 9.86. The first-order valence-electron chi connectivity index (χ1n) is 7.30. The maximum atomic E-state index is 13.0. The van der Waals surface area contributed by atoms with E-state index in [1.807, 2.05) is 26.8 Å². The van der Waals surface area contributed by atoms with Crippen LogP contribution >= 0.6 is 0 Å². The van der Waals surface area contributed by atoms with Gasteiger partial charge in [-0.05, 0) is 62.5 Å². The number of hydrogen-bond acceptors (Lipinski definition) is 3. The lowest BCUT2D eigenvalue weighted by Crippen LogP contribution is -2.32. The van der Waals surface area contributed by atoms with Gasteiger partial charge in [0, 0.05) is 5.41 Å². The number of benzene rings is 1. The zero-order chi connectivity index (χ0) is 15.9. The second-order valence-electron chi connectivity index (χ2n) is 6.04. The third-order valence-corrected chi connectivity index (χ3v) is 3.83. The molecule has 0 fully saturated rings. The van der Waals surface area contributed by atoms with Gasteiger partial charge in [0.2, 0.25) is 0 Å². The maximum Gasteiger partial charge on any atom is 0.144 e. The van der Waals surface area contributed by atoms with Crippen LogP contribution in [0, 0.1) is 18.2 Å². The van der Waals surface area contributed by atoms with Crippen LogP contribution < -0.4 is 11.1 Å². The second kappa shape index (κ2) is 7.98. The van der Waals surface area contributed by atoms with Crippen molar-refractivity contribution in [2.45, 2.75) is 40.0 Å². The molecule has 0 aliphatic carbocycles. The van der Waals surface area contributed by atoms with Gasteiger partial charge in [-0.1, -0.05) is 25.1 Å². The van der Waals surface area contributed by atoms with Gasteiger partial charge in [0.25, 0.3) is 0 Å². The fourth-order valence-corrected chi connectivity index (χ4v) is 2.21. The molecule has 0 heterocycles. The molecule has 0 aliphatic heterocycles. The molecule has 4 nitrogen and oxygen atoms in total. The molecule has 0 aromatic heterocycles. The highest BCUT2D eigenvalue weighted by molar-refractivity contribution is 5.85. The second-order valence-corrected chi connectivity index (χ2v) is 6.04. The molecule has 21 heavy (non-hydrogen) atoms. The van der Waals surface area contributed by atoms with Gasteiger partial charge in [0.05, 0.1) is 0 Å². The summed E-state index contributed by atoms with van der Waals surface area (Å²) in [7, 11) is 0. The molecule has 5 heteroatoms. The first kappa shape index (κ1) is 17.4. The Bertz CT molecular complexity index is 486. The van der Waals surface area contributed by atoms with Crippen LogP contribution in [0.1, 0.15) is 37.8 Å². The summed E-state index contributed by atoms with van der Waals surface area (Å²) < 4.78 is 13.0. The normalized spacial score (nSPS) is 12.7. The van der Waals surface area contributed by atoms with Gasteiger partial charge in [-0.2, -0.15) is 0 Å². The largest absolute Gasteiger partial charge is 0.409 e. The molecule has 118 valence electrons. The Hall–Kier alpha value is -1.62. The Kier molecular flexibility index (Phi) is 6.62. The molecule has 0 radical (unpaired) electrons. The van der Waals surface area contributed by atoms with Crippen molar-refractivity contribution < 1.29 is 9.60 Å². The third-order valence-electron chi connectivity index (χ3n) is 3.83. The molecule has 4 N–H and O–H groups in total. The number of rotatable bonds is 8. The summed E-state index contributed by atoms with van der Waals surface area (Å²) in [5.74, 6) is 0.0824. The standard InChI is InChI=1S/C16H26FN3O/c1-12-11-14(17)6-5-13(12)7-10-19-9-4-8-16(2,3)15(18)20-21/h5-6,11,19,21H,4,7-10H2,1-3H3,(H2,18,20). The molecule has 1 rings (SSSR count). The van der Waals surface area contributed by atoms with Crippen LogP contribution in [0.2, 0.25) is 0 Å². The highest BCUT2D eigenvalue weighted by atomic mass is 19.1. The van der Waals surface area contributed by atoms with Crippen LogP contribution in [0.25, 0.3) is 0 Å². The fourth-order valence-electron chi connectivity index (χ4n) is 2.21. The number of nitrogens with two attached hydrogens (primary N) is 1. The average molecular weight is 295 g/mol. The Morgan fingerprint density at radius 3 is 2.71 bits per heavy atom. The predicted octanol–water partition coefficient (Wildman–Crippen LogP) is 2.82. The zero-order valence-corrected chi connectivity index (χ0v) is 13.1. The van der Waals surface area contributed by atoms with Crippen LogP contribution in [0.5, 0.6) is 0 Å². The monoisotopic (exact) mass is 295 g/mol. The van der Waals surface area contributed by atoms with E-state index in [4.69, 9.17) is 10.9 Å². The molecule has 0 spiro atoms. The lowest BCUT2D eigenvalue weighted by Gasteiger charge is -2.22. The molecule has 0 unspecified atom stereocenters. The first-order valence-corrected chi connectivity index (χ1v) is 7.30. The van der Waals surface area contributed by atoms with Gasteiger partial charge in [0.15, 0.2) is 0 Å². The van der Waals surface area contributed by atoms with Crippen molar-refractivity contribution in [1.82, 2.24) is 5.32 Å². The molecule has 0 aliphatic rings. The molecular formula is C16H26FN3O. The van der Waals surface area contributed by atoms with Gasteiger partial charge in [-0.15, -0.1) is 0 Å². The number of aryl methyl sites for hydroxylation is 1. The van der Waals surface area contributed by atoms with E-state index in [1.165, 1.54) is 11.6 Å². The number of amidine groups is 1. The number of nitrogens with one attached hydrogen (secondary N) is 1. The number of halogens is 1. The minimum atomic E-state index is -0.288. The van der Waals surface area contributed by atoms with Crippen molar-refractivity contribution >= 4 is 5.84 Å². The quantitative estimate of drug-likeness (QED) is 0.227. The van der Waals surface area contributed by atoms with Gasteiger partial charge in [-0.3, -0.25) is 0 Å². The minimum Gasteiger partial charge on any atom is -0.409 e. The molecule has 0 amide bonds. The van der Waals surface area contributed by atoms with Crippen LogP contribution in [0.15, 0.2) is 23.4 Å². The zero-order valence-electron chi connectivity index (χ0n) is 13.1. The van der Waals surface area contributed by atoms with E-state index >= 15 is 0 Å². The topological polar surface area (TPSA) is 70.6 Å². The molecule has 1 aromatic rings. The highest BCUT2D eigenvalue weighted by Crippen LogP contribution is 2.21. The molecule has 0 saturated heterocycles. The van der Waals surface area contributed by atoms with Crippen molar-refractivity contribution in [2.24, 2.45) is 16.3 Å². The Labute approximate surface area is 126 Å². The van der Waals surface area contributed by atoms with E-state index in [-0.39, 0.29) is 17.1 Å². The van der Waals surface area contributed by atoms with E-state index < -0.39 is 0 Å². The van der Waals surface area contributed by atoms with Gasteiger partial charge < -0.3 is 16.3 Å². The smallest absolute Gasteiger partial charge is 0.144 e. The van der Waals surface area contributed by atoms with Crippen molar-refractivity contribution in [3.05, 3.63) is 35.1 Å². The number of oxime groups is 1. The Morgan fingerprint density at radius 2 is 2.10 bits per heavy atom. The van der Waals surface area contributed by atoms with Crippen LogP contribution in [0.4, 0.5) is 4.39 Å². The van der Waals surface area contributed by atoms with E-state index in [1.54, 1.807) is 6.07 Å². The van der Waals surface area contributed by atoms with Gasteiger partial charge in [0.1, 0.15) is 11.7 Å². The SMILES string of the molecule is Cc1cc(F)ccc1CCNCCCC(C)(C)/C(N)=N/O. The average Bonchev–Trinajstić information content (AvgIpc) is 2.43. The van der Waals surface area contributed by atoms with Crippen molar-refractivity contribution in [1.29, 1.82) is 0 Å². The fraction of sp³-hybridized carbons (Fsp3) is 0.562. The van der Waals surface area contributed by atoms with Crippen molar-refractivity contribution in [2.75, 3.05) is 13.1 Å². The van der Waals surface area contributed by atoms with E-state index in [0.717, 1.165) is 37.9 Å². The highest BCUT2D eigenvalue weighted by Gasteiger charge is 2.22. The lowest BCUT2D eigenvalue weighted by molar-refractivity contribution is 0.304. The maximum absolute atomic E-state index is 13.0. The third kappa shape index (κ3) is 5.71. The molecule has 0 bridgehead atoms. The van der Waals surface area contributed by atoms with Gasteiger partial charge in [-0.25, -0.2) is 4.39 Å². The summed E-state index contributed by atoms with van der Waals surface area (Å²) in [4.78, 5) is 0. The van der Waals surface area contributed by atoms with Gasteiger partial charge >= 0.3 is 0 Å². The molecular weight excluding hydrogens is 269 g/mol. The minimum absolute atomic E-state index is 0.186. The first-order chi connectivity index (χ1) is 9.86. The summed E-state index contributed by atoms with van der Waals surface area (Å²) in [6.45, 7) is 7.59. The van der Waals surface area contributed by atoms with Crippen molar-refractivity contribution in [3.8, 4) is 0 Å². The Morgan fingerprint density at radius 1 is 1.38 bits per heavy atom. The molecule has 1 aromatic carbocycles. The summed E-state index contributed by atoms with van der Waals surface area (Å²) in [5.41, 5.74) is 7.52. The van der Waals surface area contributed by atoms with Crippen LogP contribution in [-0.2, 0) is 6.42 Å². The van der Waals surface area contributed by atoms with Crippen LogP contribution in [0.3, 0.4) is 0 Å². The molecule has 0 atom stereocenters. The van der Waals surface area contributed by atoms with E-state index in [2.05, 4.69) is 10.5 Å². The predicted molar refractivity (Wildman–Crippen MR) is 84.1 cm³/mol. The van der Waals surface area contributed by atoms with E-state index in [0.29, 0.717) is 0 Å². The summed E-state index contributed by atoms with van der Waals surface area (Å²) in [6, 6.07) is 4.91. The van der Waals surface area contributed by atoms with Crippen LogP contribution in [-0.4, -0.2) is 24.1 Å². The Balaban J connectivity index is 2.23. The van der Waals surface area contributed by atoms with E-state index in [9.17, 15) is 4.39 Å². The number of hydrogen-bond donors (Lipinski definition) is 3. The summed E-state index contributed by atoms with van der Waals surface area (Å²) in [6.07, 6.45) is 2.69. The molecule has 0 saturated carbocycles. The number of nitrogens with zero attached hydrogens (tertiary/aromatic N) is 1.